The Labute approximate surface area is 144 Å². The monoisotopic (exact) mass is 342 g/mol. The highest BCUT2D eigenvalue weighted by Gasteiger charge is 2.28. The second-order valence-electron chi connectivity index (χ2n) is 5.86. The third kappa shape index (κ3) is 3.40. The lowest BCUT2D eigenvalue weighted by Crippen LogP contribution is -2.27. The number of amides is 1. The highest BCUT2D eigenvalue weighted by molar-refractivity contribution is 5.99. The van der Waals surface area contributed by atoms with E-state index in [2.05, 4.69) is 0 Å². The number of carbonyl (C=O) groups is 1. The average Bonchev–Trinajstić information content (AvgIpc) is 2.61. The Kier molecular flexibility index (Phi) is 4.56. The molecule has 0 bridgehead atoms. The number of benzene rings is 2. The molecule has 1 amide bonds. The van der Waals surface area contributed by atoms with E-state index in [1.165, 1.54) is 17.0 Å². The fraction of sp³-hybridized carbons (Fsp3) is 0.278. The third-order valence-electron chi connectivity index (χ3n) is 4.10. The van der Waals surface area contributed by atoms with Gasteiger partial charge in [0.1, 0.15) is 18.8 Å². The molecular formula is C18H18N2O5. The van der Waals surface area contributed by atoms with Crippen molar-refractivity contribution in [2.24, 2.45) is 0 Å². The molecule has 0 fully saturated rings. The molecule has 0 radical (unpaired) electrons. The summed E-state index contributed by atoms with van der Waals surface area (Å²) < 4.78 is 10.8. The molecule has 0 N–H and O–H groups in total. The van der Waals surface area contributed by atoms with Crippen LogP contribution in [0.25, 0.3) is 0 Å². The van der Waals surface area contributed by atoms with E-state index < -0.39 is 10.8 Å². The minimum Gasteiger partial charge on any atom is -0.486 e. The summed E-state index contributed by atoms with van der Waals surface area (Å²) in [5.74, 6) is 0.201. The van der Waals surface area contributed by atoms with Crippen LogP contribution in [0.15, 0.2) is 36.4 Å². The average molecular weight is 342 g/mol. The van der Waals surface area contributed by atoms with Gasteiger partial charge in [-0.2, -0.15) is 0 Å². The van der Waals surface area contributed by atoms with Crippen molar-refractivity contribution in [1.29, 1.82) is 0 Å². The lowest BCUT2D eigenvalue weighted by atomic mass is 10.1. The minimum absolute atomic E-state index is 0.00895. The van der Waals surface area contributed by atoms with Crippen molar-refractivity contribution in [3.05, 3.63) is 63.2 Å². The first-order valence-electron chi connectivity index (χ1n) is 7.85. The molecule has 7 heteroatoms. The normalized spacial score (nSPS) is 12.6. The van der Waals surface area contributed by atoms with Gasteiger partial charge in [-0.25, -0.2) is 0 Å². The molecule has 0 aromatic heterocycles. The summed E-state index contributed by atoms with van der Waals surface area (Å²) in [6.45, 7) is 2.99. The topological polar surface area (TPSA) is 81.9 Å². The number of nitro benzene ring substituents is 1. The number of rotatable bonds is 4. The van der Waals surface area contributed by atoms with Crippen LogP contribution >= 0.6 is 0 Å². The molecule has 1 heterocycles. The van der Waals surface area contributed by atoms with Gasteiger partial charge in [0.25, 0.3) is 11.6 Å². The van der Waals surface area contributed by atoms with Gasteiger partial charge in [0.2, 0.25) is 0 Å². The lowest BCUT2D eigenvalue weighted by Gasteiger charge is -2.21. The number of hydrogen-bond acceptors (Lipinski definition) is 5. The van der Waals surface area contributed by atoms with Crippen molar-refractivity contribution in [3.8, 4) is 11.5 Å². The summed E-state index contributed by atoms with van der Waals surface area (Å²) >= 11 is 0. The first-order chi connectivity index (χ1) is 12.0. The van der Waals surface area contributed by atoms with Crippen LogP contribution in [0.1, 0.15) is 21.5 Å². The van der Waals surface area contributed by atoms with Crippen LogP contribution in [-0.4, -0.2) is 36.0 Å². The van der Waals surface area contributed by atoms with Crippen LogP contribution < -0.4 is 9.47 Å². The van der Waals surface area contributed by atoms with Crippen LogP contribution in [0, 0.1) is 17.0 Å². The summed E-state index contributed by atoms with van der Waals surface area (Å²) in [7, 11) is 1.62. The summed E-state index contributed by atoms with van der Waals surface area (Å²) in [4.78, 5) is 25.1. The Morgan fingerprint density at radius 3 is 2.48 bits per heavy atom. The van der Waals surface area contributed by atoms with Crippen LogP contribution in [0.4, 0.5) is 5.69 Å². The van der Waals surface area contributed by atoms with Gasteiger partial charge in [-0.15, -0.1) is 0 Å². The first kappa shape index (κ1) is 16.8. The van der Waals surface area contributed by atoms with E-state index in [0.717, 1.165) is 11.1 Å². The van der Waals surface area contributed by atoms with Crippen molar-refractivity contribution >= 4 is 11.6 Å². The SMILES string of the molecule is Cc1ccccc1CN(C)C(=O)c1cc2c(cc1[N+](=O)[O-])OCCO2. The van der Waals surface area contributed by atoms with Gasteiger partial charge in [-0.3, -0.25) is 14.9 Å². The number of carbonyl (C=O) groups excluding carboxylic acids is 1. The van der Waals surface area contributed by atoms with Gasteiger partial charge in [0.15, 0.2) is 11.5 Å². The zero-order chi connectivity index (χ0) is 18.0. The van der Waals surface area contributed by atoms with Gasteiger partial charge in [0, 0.05) is 19.7 Å². The largest absolute Gasteiger partial charge is 0.486 e. The predicted octanol–water partition coefficient (Wildman–Crippen LogP) is 2.95. The van der Waals surface area contributed by atoms with Gasteiger partial charge < -0.3 is 14.4 Å². The molecule has 1 aliphatic heterocycles. The number of nitro groups is 1. The van der Waals surface area contributed by atoms with Crippen molar-refractivity contribution in [2.45, 2.75) is 13.5 Å². The van der Waals surface area contributed by atoms with E-state index in [9.17, 15) is 14.9 Å². The van der Waals surface area contributed by atoms with Crippen LogP contribution in [0.2, 0.25) is 0 Å². The van der Waals surface area contributed by atoms with Crippen molar-refractivity contribution in [2.75, 3.05) is 20.3 Å². The summed E-state index contributed by atoms with van der Waals surface area (Å²) in [6, 6.07) is 10.4. The van der Waals surface area contributed by atoms with Gasteiger partial charge in [-0.05, 0) is 18.1 Å². The maximum Gasteiger partial charge on any atom is 0.286 e. The number of ether oxygens (including phenoxy) is 2. The van der Waals surface area contributed by atoms with Crippen molar-refractivity contribution in [3.63, 3.8) is 0 Å². The van der Waals surface area contributed by atoms with Crippen molar-refractivity contribution in [1.82, 2.24) is 4.90 Å². The van der Waals surface area contributed by atoms with Crippen LogP contribution in [0.3, 0.4) is 0 Å². The fourth-order valence-corrected chi connectivity index (χ4v) is 2.72. The quantitative estimate of drug-likeness (QED) is 0.630. The molecule has 3 rings (SSSR count). The molecule has 2 aromatic rings. The number of hydrogen-bond donors (Lipinski definition) is 0. The molecule has 2 aromatic carbocycles. The third-order valence-corrected chi connectivity index (χ3v) is 4.10. The molecule has 0 saturated carbocycles. The smallest absolute Gasteiger partial charge is 0.286 e. The Bertz CT molecular complexity index is 834. The molecule has 130 valence electrons. The van der Waals surface area contributed by atoms with Crippen LogP contribution in [0.5, 0.6) is 11.5 Å². The maximum atomic E-state index is 12.8. The molecule has 0 aliphatic carbocycles. The number of aryl methyl sites for hydroxylation is 1. The van der Waals surface area contributed by atoms with Gasteiger partial charge in [0.05, 0.1) is 11.0 Å². The lowest BCUT2D eigenvalue weighted by molar-refractivity contribution is -0.385. The molecule has 0 spiro atoms. The van der Waals surface area contributed by atoms with E-state index in [0.29, 0.717) is 25.5 Å². The number of fused-ring (bicyclic) bond motifs is 1. The molecule has 7 nitrogen and oxygen atoms in total. The van der Waals surface area contributed by atoms with E-state index >= 15 is 0 Å². The Balaban J connectivity index is 1.93. The Morgan fingerprint density at radius 1 is 1.20 bits per heavy atom. The summed E-state index contributed by atoms with van der Waals surface area (Å²) in [5.41, 5.74) is 1.74. The Morgan fingerprint density at radius 2 is 1.84 bits per heavy atom. The van der Waals surface area contributed by atoms with E-state index in [4.69, 9.17) is 9.47 Å². The molecule has 25 heavy (non-hydrogen) atoms. The molecular weight excluding hydrogens is 324 g/mol. The summed E-state index contributed by atoms with van der Waals surface area (Å²) in [6.07, 6.45) is 0. The van der Waals surface area contributed by atoms with Gasteiger partial charge in [-0.1, -0.05) is 24.3 Å². The molecule has 0 unspecified atom stereocenters. The zero-order valence-electron chi connectivity index (χ0n) is 14.0. The molecule has 1 aliphatic rings. The van der Waals surface area contributed by atoms with E-state index in [1.807, 2.05) is 31.2 Å². The standard InChI is InChI=1S/C18H18N2O5/c1-12-5-3-4-6-13(12)11-19(2)18(21)14-9-16-17(25-8-7-24-16)10-15(14)20(22)23/h3-6,9-10H,7-8,11H2,1-2H3. The van der Waals surface area contributed by atoms with E-state index in [-0.39, 0.29) is 17.0 Å². The van der Waals surface area contributed by atoms with E-state index in [1.54, 1.807) is 7.05 Å². The highest BCUT2D eigenvalue weighted by atomic mass is 16.6. The van der Waals surface area contributed by atoms with Crippen molar-refractivity contribution < 1.29 is 19.2 Å². The predicted molar refractivity (Wildman–Crippen MR) is 91.1 cm³/mol. The highest BCUT2D eigenvalue weighted by Crippen LogP contribution is 2.37. The molecule has 0 saturated heterocycles. The fourth-order valence-electron chi connectivity index (χ4n) is 2.72. The minimum atomic E-state index is -0.576. The first-order valence-corrected chi connectivity index (χ1v) is 7.85. The molecule has 0 atom stereocenters. The number of nitrogens with zero attached hydrogens (tertiary/aromatic N) is 2. The van der Waals surface area contributed by atoms with Crippen LogP contribution in [-0.2, 0) is 6.54 Å². The maximum absolute atomic E-state index is 12.8. The Hall–Kier alpha value is -3.09. The zero-order valence-corrected chi connectivity index (χ0v) is 14.0. The second kappa shape index (κ2) is 6.80. The second-order valence-corrected chi connectivity index (χ2v) is 5.86. The van der Waals surface area contributed by atoms with Gasteiger partial charge >= 0.3 is 0 Å². The summed E-state index contributed by atoms with van der Waals surface area (Å²) in [5, 5.41) is 11.4.